The summed E-state index contributed by atoms with van der Waals surface area (Å²) in [5, 5.41) is 4.66. The van der Waals surface area contributed by atoms with Crippen molar-refractivity contribution in [2.45, 2.75) is 33.1 Å². The number of aromatic nitrogens is 2. The van der Waals surface area contributed by atoms with Gasteiger partial charge in [-0.25, -0.2) is 4.98 Å². The number of nitrogens with zero attached hydrogens (tertiary/aromatic N) is 1. The lowest BCUT2D eigenvalue weighted by Gasteiger charge is -2.18. The van der Waals surface area contributed by atoms with Crippen LogP contribution in [-0.4, -0.2) is 16.5 Å². The molecular weight excluding hydrogens is 262 g/mol. The van der Waals surface area contributed by atoms with E-state index in [0.717, 1.165) is 23.1 Å². The summed E-state index contributed by atoms with van der Waals surface area (Å²) in [5.41, 5.74) is 1.49. The van der Waals surface area contributed by atoms with E-state index in [0.29, 0.717) is 4.77 Å². The molecule has 1 aliphatic carbocycles. The van der Waals surface area contributed by atoms with Gasteiger partial charge in [-0.3, -0.25) is 0 Å². The summed E-state index contributed by atoms with van der Waals surface area (Å²) < 4.78 is 0.574. The van der Waals surface area contributed by atoms with Crippen LogP contribution in [0, 0.1) is 10.7 Å². The number of hydrogen-bond donors (Lipinski definition) is 2. The first kappa shape index (κ1) is 12.1. The fraction of sp³-hybridized carbons (Fsp3) is 0.538. The van der Waals surface area contributed by atoms with E-state index in [9.17, 15) is 0 Å². The highest BCUT2D eigenvalue weighted by Gasteiger charge is 2.22. The van der Waals surface area contributed by atoms with Gasteiger partial charge < -0.3 is 10.3 Å². The molecule has 0 radical (unpaired) electrons. The Labute approximate surface area is 116 Å². The Bertz CT molecular complexity index is 641. The SMILES string of the molecule is CCNc1[nH]c(=S)nc2sc3c(c12)CCC(C)C3. The van der Waals surface area contributed by atoms with Gasteiger partial charge in [0.2, 0.25) is 0 Å². The number of thiophene rings is 1. The summed E-state index contributed by atoms with van der Waals surface area (Å²) in [6, 6.07) is 0. The number of rotatable bonds is 2. The standard InChI is InChI=1S/C13H17N3S2/c1-3-14-11-10-8-5-4-7(2)6-9(8)18-12(10)16-13(17)15-11/h7H,3-6H2,1-2H3,(H2,14,15,16,17). The third kappa shape index (κ3) is 1.95. The zero-order chi connectivity index (χ0) is 12.7. The van der Waals surface area contributed by atoms with Crippen molar-refractivity contribution in [3.63, 3.8) is 0 Å². The number of aromatic amines is 1. The lowest BCUT2D eigenvalue weighted by atomic mass is 9.89. The molecule has 2 N–H and O–H groups in total. The minimum atomic E-state index is 0.574. The Hall–Kier alpha value is -0.940. The second-order valence-corrected chi connectivity index (χ2v) is 6.45. The summed E-state index contributed by atoms with van der Waals surface area (Å²) in [4.78, 5) is 10.3. The molecule has 5 heteroatoms. The van der Waals surface area contributed by atoms with Crippen molar-refractivity contribution in [2.24, 2.45) is 5.92 Å². The molecule has 0 spiro atoms. The van der Waals surface area contributed by atoms with Gasteiger partial charge in [0.15, 0.2) is 4.77 Å². The Kier molecular flexibility index (Phi) is 3.11. The van der Waals surface area contributed by atoms with Gasteiger partial charge >= 0.3 is 0 Å². The molecular formula is C13H17N3S2. The van der Waals surface area contributed by atoms with Crippen LogP contribution >= 0.6 is 23.6 Å². The number of anilines is 1. The summed E-state index contributed by atoms with van der Waals surface area (Å²) in [7, 11) is 0. The van der Waals surface area contributed by atoms with Gasteiger partial charge in [-0.05, 0) is 49.9 Å². The summed E-state index contributed by atoms with van der Waals surface area (Å²) in [6.07, 6.45) is 3.63. The van der Waals surface area contributed by atoms with Crippen molar-refractivity contribution in [1.82, 2.24) is 9.97 Å². The molecule has 0 aliphatic heterocycles. The molecule has 0 fully saturated rings. The summed E-state index contributed by atoms with van der Waals surface area (Å²) in [6.45, 7) is 5.33. The van der Waals surface area contributed by atoms with Crippen LogP contribution in [0.5, 0.6) is 0 Å². The highest BCUT2D eigenvalue weighted by molar-refractivity contribution is 7.71. The highest BCUT2D eigenvalue weighted by atomic mass is 32.1. The van der Waals surface area contributed by atoms with E-state index in [-0.39, 0.29) is 0 Å². The van der Waals surface area contributed by atoms with Gasteiger partial charge in [0.25, 0.3) is 0 Å². The first-order chi connectivity index (χ1) is 8.69. The molecule has 1 atom stereocenters. The number of nitrogens with one attached hydrogen (secondary N) is 2. The van der Waals surface area contributed by atoms with E-state index < -0.39 is 0 Å². The molecule has 3 rings (SSSR count). The minimum absolute atomic E-state index is 0.574. The van der Waals surface area contributed by atoms with E-state index >= 15 is 0 Å². The first-order valence-electron chi connectivity index (χ1n) is 6.47. The Morgan fingerprint density at radius 2 is 2.39 bits per heavy atom. The zero-order valence-electron chi connectivity index (χ0n) is 10.7. The molecule has 1 unspecified atom stereocenters. The molecule has 0 saturated heterocycles. The molecule has 0 bridgehead atoms. The van der Waals surface area contributed by atoms with Crippen LogP contribution in [0.4, 0.5) is 5.82 Å². The predicted molar refractivity (Wildman–Crippen MR) is 80.2 cm³/mol. The van der Waals surface area contributed by atoms with Crippen LogP contribution < -0.4 is 5.32 Å². The Balaban J connectivity index is 2.25. The molecule has 3 nitrogen and oxygen atoms in total. The normalized spacial score (nSPS) is 18.9. The average Bonchev–Trinajstić information content (AvgIpc) is 2.65. The van der Waals surface area contributed by atoms with Gasteiger partial charge in [-0.1, -0.05) is 6.92 Å². The maximum Gasteiger partial charge on any atom is 0.199 e. The zero-order valence-corrected chi connectivity index (χ0v) is 12.3. The van der Waals surface area contributed by atoms with Gasteiger partial charge in [0, 0.05) is 11.4 Å². The maximum absolute atomic E-state index is 5.21. The Morgan fingerprint density at radius 3 is 3.17 bits per heavy atom. The highest BCUT2D eigenvalue weighted by Crippen LogP contribution is 2.39. The molecule has 96 valence electrons. The average molecular weight is 279 g/mol. The fourth-order valence-corrected chi connectivity index (χ4v) is 4.32. The van der Waals surface area contributed by atoms with Crippen molar-refractivity contribution in [3.8, 4) is 0 Å². The molecule has 2 aromatic heterocycles. The molecule has 0 saturated carbocycles. The van der Waals surface area contributed by atoms with Gasteiger partial charge in [0.05, 0.1) is 5.39 Å². The number of aryl methyl sites for hydroxylation is 1. The minimum Gasteiger partial charge on any atom is -0.371 e. The molecule has 18 heavy (non-hydrogen) atoms. The predicted octanol–water partition coefficient (Wildman–Crippen LogP) is 3.91. The van der Waals surface area contributed by atoms with E-state index in [4.69, 9.17) is 12.2 Å². The number of H-pyrrole nitrogens is 1. The molecule has 0 amide bonds. The maximum atomic E-state index is 5.21. The van der Waals surface area contributed by atoms with Crippen LogP contribution in [0.15, 0.2) is 0 Å². The van der Waals surface area contributed by atoms with Crippen molar-refractivity contribution in [3.05, 3.63) is 15.2 Å². The summed E-state index contributed by atoms with van der Waals surface area (Å²) in [5.74, 6) is 1.85. The second kappa shape index (κ2) is 4.63. The molecule has 0 aromatic carbocycles. The third-order valence-electron chi connectivity index (χ3n) is 3.53. The molecule has 2 aromatic rings. The smallest absolute Gasteiger partial charge is 0.199 e. The van der Waals surface area contributed by atoms with Crippen molar-refractivity contribution >= 4 is 39.6 Å². The summed E-state index contributed by atoms with van der Waals surface area (Å²) >= 11 is 7.02. The Morgan fingerprint density at radius 1 is 1.56 bits per heavy atom. The second-order valence-electron chi connectivity index (χ2n) is 4.98. The van der Waals surface area contributed by atoms with E-state index in [1.54, 1.807) is 0 Å². The van der Waals surface area contributed by atoms with Crippen molar-refractivity contribution in [2.75, 3.05) is 11.9 Å². The van der Waals surface area contributed by atoms with Crippen molar-refractivity contribution in [1.29, 1.82) is 0 Å². The van der Waals surface area contributed by atoms with Crippen LogP contribution in [0.1, 0.15) is 30.7 Å². The fourth-order valence-electron chi connectivity index (χ4n) is 2.67. The third-order valence-corrected chi connectivity index (χ3v) is 4.87. The van der Waals surface area contributed by atoms with E-state index in [1.807, 2.05) is 11.3 Å². The lowest BCUT2D eigenvalue weighted by molar-refractivity contribution is 0.509. The topological polar surface area (TPSA) is 40.7 Å². The number of hydrogen-bond acceptors (Lipinski definition) is 4. The van der Waals surface area contributed by atoms with Crippen molar-refractivity contribution < 1.29 is 0 Å². The lowest BCUT2D eigenvalue weighted by Crippen LogP contribution is -2.09. The van der Waals surface area contributed by atoms with Crippen LogP contribution in [-0.2, 0) is 12.8 Å². The quantitative estimate of drug-likeness (QED) is 0.819. The van der Waals surface area contributed by atoms with Crippen LogP contribution in [0.2, 0.25) is 0 Å². The van der Waals surface area contributed by atoms with Gasteiger partial charge in [-0.15, -0.1) is 11.3 Å². The van der Waals surface area contributed by atoms with Gasteiger partial charge in [-0.2, -0.15) is 0 Å². The van der Waals surface area contributed by atoms with Crippen LogP contribution in [0.3, 0.4) is 0 Å². The first-order valence-corrected chi connectivity index (χ1v) is 7.70. The largest absolute Gasteiger partial charge is 0.371 e. The molecule has 1 aliphatic rings. The monoisotopic (exact) mass is 279 g/mol. The van der Waals surface area contributed by atoms with E-state index in [1.165, 1.54) is 35.1 Å². The van der Waals surface area contributed by atoms with E-state index in [2.05, 4.69) is 29.1 Å². The van der Waals surface area contributed by atoms with Crippen LogP contribution in [0.25, 0.3) is 10.2 Å². The van der Waals surface area contributed by atoms with Gasteiger partial charge in [0.1, 0.15) is 10.6 Å². The molecule has 2 heterocycles. The number of fused-ring (bicyclic) bond motifs is 3.